The molecule has 5 nitrogen and oxygen atoms in total. The van der Waals surface area contributed by atoms with Crippen LogP contribution in [0.15, 0.2) is 36.4 Å². The topological polar surface area (TPSA) is 61.8 Å². The number of fused-ring (bicyclic) bond motifs is 2. The van der Waals surface area contributed by atoms with Crippen LogP contribution in [0, 0.1) is 11.8 Å². The first-order chi connectivity index (χ1) is 10.5. The van der Waals surface area contributed by atoms with Crippen molar-refractivity contribution >= 4 is 11.8 Å². The minimum absolute atomic E-state index is 0.245. The summed E-state index contributed by atoms with van der Waals surface area (Å²) in [6, 6.07) is 7.16. The molecule has 1 aliphatic carbocycles. The molecule has 5 heteroatoms. The summed E-state index contributed by atoms with van der Waals surface area (Å²) in [6.45, 7) is 2.32. The monoisotopic (exact) mass is 300 g/mol. The number of methoxy groups -OCH3 is 1. The van der Waals surface area contributed by atoms with Gasteiger partial charge in [0.15, 0.2) is 5.78 Å². The molecule has 0 amide bonds. The Hall–Kier alpha value is -1.98. The van der Waals surface area contributed by atoms with E-state index in [1.165, 1.54) is 7.11 Å². The maximum Gasteiger partial charge on any atom is 0.317 e. The van der Waals surface area contributed by atoms with Crippen LogP contribution in [-0.2, 0) is 24.8 Å². The molecule has 2 bridgehead atoms. The zero-order valence-corrected chi connectivity index (χ0v) is 12.4. The van der Waals surface area contributed by atoms with Crippen molar-refractivity contribution in [1.82, 2.24) is 0 Å². The fourth-order valence-corrected chi connectivity index (χ4v) is 3.69. The average Bonchev–Trinajstić information content (AvgIpc) is 2.81. The first-order valence-electron chi connectivity index (χ1n) is 7.26. The number of carbonyl (C=O) groups excluding carboxylic acids is 2. The van der Waals surface area contributed by atoms with Gasteiger partial charge in [-0.1, -0.05) is 36.4 Å². The molecular formula is C17H16O5. The van der Waals surface area contributed by atoms with Crippen LogP contribution in [0.4, 0.5) is 0 Å². The van der Waals surface area contributed by atoms with E-state index in [1.807, 2.05) is 31.2 Å². The zero-order valence-electron chi connectivity index (χ0n) is 12.4. The lowest BCUT2D eigenvalue weighted by atomic mass is 9.69. The van der Waals surface area contributed by atoms with Gasteiger partial charge in [-0.05, 0) is 6.92 Å². The summed E-state index contributed by atoms with van der Waals surface area (Å²) in [5, 5.41) is 0. The third-order valence-corrected chi connectivity index (χ3v) is 4.72. The minimum Gasteiger partial charge on any atom is -0.468 e. The highest BCUT2D eigenvalue weighted by atomic mass is 16.8. The van der Waals surface area contributed by atoms with Crippen LogP contribution in [0.25, 0.3) is 0 Å². The summed E-state index contributed by atoms with van der Waals surface area (Å²) in [4.78, 5) is 25.0. The highest BCUT2D eigenvalue weighted by molar-refractivity contribution is 6.11. The summed E-state index contributed by atoms with van der Waals surface area (Å²) in [5.41, 5.74) is 0.622. The second kappa shape index (κ2) is 4.27. The number of ketones is 1. The molecule has 1 aromatic carbocycles. The van der Waals surface area contributed by atoms with E-state index in [2.05, 4.69) is 0 Å². The van der Waals surface area contributed by atoms with Gasteiger partial charge in [-0.2, -0.15) is 0 Å². The number of Topliss-reactive ketones (excluding diaryl/α,β-unsaturated/α-hetero) is 1. The zero-order chi connectivity index (χ0) is 15.5. The van der Waals surface area contributed by atoms with E-state index in [0.717, 1.165) is 0 Å². The number of ether oxygens (including phenoxy) is 3. The number of hydrogen-bond acceptors (Lipinski definition) is 5. The van der Waals surface area contributed by atoms with Crippen molar-refractivity contribution in [1.29, 1.82) is 0 Å². The third-order valence-electron chi connectivity index (χ3n) is 4.72. The normalized spacial score (nSPS) is 38.4. The quantitative estimate of drug-likeness (QED) is 0.450. The van der Waals surface area contributed by atoms with Gasteiger partial charge in [0.1, 0.15) is 11.5 Å². The molecule has 2 aliphatic heterocycles. The molecule has 0 aromatic heterocycles. The fourth-order valence-electron chi connectivity index (χ4n) is 3.69. The first-order valence-corrected chi connectivity index (χ1v) is 7.26. The summed E-state index contributed by atoms with van der Waals surface area (Å²) in [5.74, 6) is -3.36. The maximum atomic E-state index is 12.8. The largest absolute Gasteiger partial charge is 0.468 e. The Morgan fingerprint density at radius 2 is 2.14 bits per heavy atom. The number of hydrogen-bond donors (Lipinski definition) is 0. The highest BCUT2D eigenvalue weighted by Crippen LogP contribution is 2.55. The number of carbonyl (C=O) groups is 2. The summed E-state index contributed by atoms with van der Waals surface area (Å²) in [6.07, 6.45) is 3.74. The predicted molar refractivity (Wildman–Crippen MR) is 76.0 cm³/mol. The SMILES string of the molecule is COC(=O)C1C(=O)c2ccccc2C23OCC(C)(C=CC12)O3. The molecule has 0 radical (unpaired) electrons. The molecule has 0 N–H and O–H groups in total. The Morgan fingerprint density at radius 1 is 1.36 bits per heavy atom. The van der Waals surface area contributed by atoms with Crippen molar-refractivity contribution in [2.24, 2.45) is 11.8 Å². The molecule has 4 atom stereocenters. The van der Waals surface area contributed by atoms with Gasteiger partial charge in [0.25, 0.3) is 0 Å². The predicted octanol–water partition coefficient (Wildman–Crippen LogP) is 1.82. The van der Waals surface area contributed by atoms with Crippen molar-refractivity contribution < 1.29 is 23.8 Å². The lowest BCUT2D eigenvalue weighted by Gasteiger charge is -2.44. The Balaban J connectivity index is 1.97. The molecule has 0 saturated carbocycles. The fraction of sp³-hybridized carbons (Fsp3) is 0.412. The van der Waals surface area contributed by atoms with Gasteiger partial charge in [-0.25, -0.2) is 0 Å². The second-order valence-electron chi connectivity index (χ2n) is 6.17. The van der Waals surface area contributed by atoms with E-state index in [-0.39, 0.29) is 5.78 Å². The van der Waals surface area contributed by atoms with E-state index < -0.39 is 29.2 Å². The Bertz CT molecular complexity index is 709. The average molecular weight is 300 g/mol. The molecule has 4 rings (SSSR count). The summed E-state index contributed by atoms with van der Waals surface area (Å²) >= 11 is 0. The van der Waals surface area contributed by atoms with Gasteiger partial charge in [-0.3, -0.25) is 9.59 Å². The van der Waals surface area contributed by atoms with E-state index in [4.69, 9.17) is 14.2 Å². The van der Waals surface area contributed by atoms with E-state index in [1.54, 1.807) is 12.1 Å². The molecule has 1 aromatic rings. The van der Waals surface area contributed by atoms with Crippen molar-refractivity contribution in [3.05, 3.63) is 47.5 Å². The maximum absolute atomic E-state index is 12.8. The van der Waals surface area contributed by atoms with Crippen LogP contribution in [0.3, 0.4) is 0 Å². The number of benzene rings is 1. The smallest absolute Gasteiger partial charge is 0.317 e. The minimum atomic E-state index is -1.09. The van der Waals surface area contributed by atoms with Crippen LogP contribution in [0.1, 0.15) is 22.8 Å². The standard InChI is InChI=1S/C17H16O5/c1-16-8-7-12-13(15(19)20-2)14(18)10-5-3-4-6-11(10)17(12,22-16)21-9-16/h3-8,12-13H,9H2,1-2H3. The van der Waals surface area contributed by atoms with Gasteiger partial charge in [-0.15, -0.1) is 0 Å². The van der Waals surface area contributed by atoms with Gasteiger partial charge in [0, 0.05) is 11.1 Å². The van der Waals surface area contributed by atoms with E-state index in [0.29, 0.717) is 17.7 Å². The lowest BCUT2D eigenvalue weighted by molar-refractivity contribution is -0.229. The Kier molecular flexibility index (Phi) is 2.65. The molecule has 22 heavy (non-hydrogen) atoms. The Morgan fingerprint density at radius 3 is 2.91 bits per heavy atom. The lowest BCUT2D eigenvalue weighted by Crippen LogP contribution is -2.52. The molecule has 3 aliphatic rings. The Labute approximate surface area is 127 Å². The van der Waals surface area contributed by atoms with E-state index in [9.17, 15) is 9.59 Å². The van der Waals surface area contributed by atoms with Crippen LogP contribution in [-0.4, -0.2) is 31.1 Å². The molecular weight excluding hydrogens is 284 g/mol. The first kappa shape index (κ1) is 13.7. The molecule has 1 saturated heterocycles. The summed E-state index contributed by atoms with van der Waals surface area (Å²) < 4.78 is 17.1. The van der Waals surface area contributed by atoms with Crippen molar-refractivity contribution in [3.8, 4) is 0 Å². The molecule has 1 spiro atoms. The number of rotatable bonds is 1. The summed E-state index contributed by atoms with van der Waals surface area (Å²) in [7, 11) is 1.29. The van der Waals surface area contributed by atoms with Crippen LogP contribution >= 0.6 is 0 Å². The van der Waals surface area contributed by atoms with E-state index >= 15 is 0 Å². The highest BCUT2D eigenvalue weighted by Gasteiger charge is 2.63. The molecule has 2 heterocycles. The van der Waals surface area contributed by atoms with Crippen molar-refractivity contribution in [2.75, 3.05) is 13.7 Å². The third kappa shape index (κ3) is 1.55. The molecule has 1 fully saturated rings. The van der Waals surface area contributed by atoms with Gasteiger partial charge in [0.05, 0.1) is 19.6 Å². The van der Waals surface area contributed by atoms with Crippen LogP contribution in [0.5, 0.6) is 0 Å². The van der Waals surface area contributed by atoms with Gasteiger partial charge in [0.2, 0.25) is 5.79 Å². The molecule has 114 valence electrons. The van der Waals surface area contributed by atoms with Gasteiger partial charge >= 0.3 is 5.97 Å². The number of esters is 1. The van der Waals surface area contributed by atoms with Crippen LogP contribution < -0.4 is 0 Å². The van der Waals surface area contributed by atoms with Crippen molar-refractivity contribution in [3.63, 3.8) is 0 Å². The van der Waals surface area contributed by atoms with Crippen LogP contribution in [0.2, 0.25) is 0 Å². The molecule has 4 unspecified atom stereocenters. The van der Waals surface area contributed by atoms with Crippen molar-refractivity contribution in [2.45, 2.75) is 18.3 Å². The van der Waals surface area contributed by atoms with Gasteiger partial charge < -0.3 is 14.2 Å². The second-order valence-corrected chi connectivity index (χ2v) is 6.17.